The molecule has 1 aromatic carbocycles. The van der Waals surface area contributed by atoms with Crippen LogP contribution in [0.15, 0.2) is 35.5 Å². The van der Waals surface area contributed by atoms with Gasteiger partial charge in [0, 0.05) is 18.3 Å². The fraction of sp³-hybridized carbons (Fsp3) is 0.476. The van der Waals surface area contributed by atoms with Crippen LogP contribution in [0.25, 0.3) is 0 Å². The number of esters is 1. The van der Waals surface area contributed by atoms with E-state index in [1.54, 1.807) is 50.2 Å². The molecule has 1 aromatic rings. The number of carbonyl (C=O) groups excluding carboxylic acids is 3. The third-order valence-corrected chi connectivity index (χ3v) is 4.88. The molecule has 1 heterocycles. The maximum absolute atomic E-state index is 12.8. The number of likely N-dealkylation sites (N-methyl/N-ethyl adjacent to an activating group) is 1. The molecule has 2 aliphatic rings. The minimum atomic E-state index is -0.674. The highest BCUT2D eigenvalue weighted by atomic mass is 16.5. The van der Waals surface area contributed by atoms with Crippen LogP contribution in [0.3, 0.4) is 0 Å². The average molecular weight is 416 g/mol. The van der Waals surface area contributed by atoms with Gasteiger partial charge in [-0.3, -0.25) is 9.69 Å². The second kappa shape index (κ2) is 9.62. The number of urea groups is 1. The maximum Gasteiger partial charge on any atom is 0.338 e. The molecule has 9 nitrogen and oxygen atoms in total. The van der Waals surface area contributed by atoms with Crippen molar-refractivity contribution in [3.8, 4) is 5.75 Å². The molecule has 9 heteroatoms. The zero-order chi connectivity index (χ0) is 21.7. The molecular weight excluding hydrogens is 388 g/mol. The van der Waals surface area contributed by atoms with Crippen LogP contribution >= 0.6 is 0 Å². The van der Waals surface area contributed by atoms with Gasteiger partial charge in [-0.1, -0.05) is 12.1 Å². The summed E-state index contributed by atoms with van der Waals surface area (Å²) < 4.78 is 10.4. The molecule has 0 bridgehead atoms. The SMILES string of the molecule is CCOC(=O)C1=C(CN(C)CC(=O)NC2CC2)NC(=O)N[C@@H]1c1ccc(OC)cc1. The number of nitrogens with one attached hydrogen (secondary N) is 3. The van der Waals surface area contributed by atoms with Crippen LogP contribution < -0.4 is 20.7 Å². The molecule has 0 aromatic heterocycles. The second-order valence-corrected chi connectivity index (χ2v) is 7.43. The first kappa shape index (κ1) is 21.6. The number of hydrogen-bond donors (Lipinski definition) is 3. The van der Waals surface area contributed by atoms with Gasteiger partial charge in [0.25, 0.3) is 0 Å². The van der Waals surface area contributed by atoms with E-state index in [2.05, 4.69) is 16.0 Å². The molecule has 1 aliphatic heterocycles. The van der Waals surface area contributed by atoms with Crippen LogP contribution in [-0.2, 0) is 14.3 Å². The van der Waals surface area contributed by atoms with Crippen LogP contribution in [0, 0.1) is 0 Å². The first-order chi connectivity index (χ1) is 14.4. The monoisotopic (exact) mass is 416 g/mol. The van der Waals surface area contributed by atoms with E-state index in [4.69, 9.17) is 9.47 Å². The van der Waals surface area contributed by atoms with Crippen LogP contribution in [-0.4, -0.2) is 62.7 Å². The Kier molecular flexibility index (Phi) is 6.94. The Balaban J connectivity index is 1.85. The Morgan fingerprint density at radius 3 is 2.53 bits per heavy atom. The van der Waals surface area contributed by atoms with Crippen molar-refractivity contribution in [2.75, 3.05) is 33.9 Å². The van der Waals surface area contributed by atoms with Crippen molar-refractivity contribution >= 4 is 17.9 Å². The molecule has 0 spiro atoms. The van der Waals surface area contributed by atoms with Gasteiger partial charge >= 0.3 is 12.0 Å². The number of benzene rings is 1. The molecule has 0 saturated heterocycles. The summed E-state index contributed by atoms with van der Waals surface area (Å²) in [6.45, 7) is 2.31. The second-order valence-electron chi connectivity index (χ2n) is 7.43. The van der Waals surface area contributed by atoms with E-state index >= 15 is 0 Å². The Bertz CT molecular complexity index is 832. The van der Waals surface area contributed by atoms with E-state index in [1.807, 2.05) is 0 Å². The van der Waals surface area contributed by atoms with Crippen LogP contribution in [0.4, 0.5) is 4.79 Å². The number of ether oxygens (including phenoxy) is 2. The van der Waals surface area contributed by atoms with E-state index in [-0.39, 0.29) is 31.6 Å². The highest BCUT2D eigenvalue weighted by Crippen LogP contribution is 2.29. The molecule has 1 saturated carbocycles. The van der Waals surface area contributed by atoms with Gasteiger partial charge in [0.05, 0.1) is 31.9 Å². The molecule has 1 aliphatic carbocycles. The van der Waals surface area contributed by atoms with Gasteiger partial charge in [0.2, 0.25) is 5.91 Å². The van der Waals surface area contributed by atoms with E-state index in [9.17, 15) is 14.4 Å². The number of nitrogens with zero attached hydrogens (tertiary/aromatic N) is 1. The van der Waals surface area contributed by atoms with Crippen LogP contribution in [0.2, 0.25) is 0 Å². The summed E-state index contributed by atoms with van der Waals surface area (Å²) in [6, 6.07) is 6.29. The molecule has 0 unspecified atom stereocenters. The largest absolute Gasteiger partial charge is 0.497 e. The van der Waals surface area contributed by atoms with Gasteiger partial charge in [0.1, 0.15) is 5.75 Å². The summed E-state index contributed by atoms with van der Waals surface area (Å²) in [5.41, 5.74) is 1.45. The number of methoxy groups -OCH3 is 1. The van der Waals surface area contributed by atoms with Crippen molar-refractivity contribution in [1.29, 1.82) is 0 Å². The van der Waals surface area contributed by atoms with Gasteiger partial charge in [-0.25, -0.2) is 9.59 Å². The number of rotatable bonds is 9. The van der Waals surface area contributed by atoms with Gasteiger partial charge in [0.15, 0.2) is 0 Å². The van der Waals surface area contributed by atoms with Crippen molar-refractivity contribution in [3.05, 3.63) is 41.1 Å². The summed E-state index contributed by atoms with van der Waals surface area (Å²) in [5, 5.41) is 8.44. The highest BCUT2D eigenvalue weighted by Gasteiger charge is 2.34. The Hall–Kier alpha value is -3.07. The summed E-state index contributed by atoms with van der Waals surface area (Å²) in [4.78, 5) is 39.0. The average Bonchev–Trinajstić information content (AvgIpc) is 3.51. The number of carbonyl (C=O) groups is 3. The number of amides is 3. The zero-order valence-corrected chi connectivity index (χ0v) is 17.5. The van der Waals surface area contributed by atoms with Crippen LogP contribution in [0.1, 0.15) is 31.4 Å². The van der Waals surface area contributed by atoms with Gasteiger partial charge in [-0.2, -0.15) is 0 Å². The van der Waals surface area contributed by atoms with Gasteiger partial charge < -0.3 is 25.4 Å². The van der Waals surface area contributed by atoms with Crippen molar-refractivity contribution in [2.24, 2.45) is 0 Å². The summed E-state index contributed by atoms with van der Waals surface area (Å²) in [6.07, 6.45) is 2.03. The van der Waals surface area contributed by atoms with Crippen molar-refractivity contribution in [1.82, 2.24) is 20.9 Å². The van der Waals surface area contributed by atoms with Crippen molar-refractivity contribution in [3.63, 3.8) is 0 Å². The van der Waals surface area contributed by atoms with Gasteiger partial charge in [-0.05, 0) is 44.5 Å². The maximum atomic E-state index is 12.8. The zero-order valence-electron chi connectivity index (χ0n) is 17.5. The standard InChI is InChI=1S/C21H28N4O5/c1-4-30-20(27)18-16(11-25(2)12-17(26)22-14-7-8-14)23-21(28)24-19(18)13-5-9-15(29-3)10-6-13/h5-6,9-10,14,19H,4,7-8,11-12H2,1-3H3,(H,22,26)(H2,23,24,28)/t19-/m1/s1. The molecule has 1 fully saturated rings. The third-order valence-electron chi connectivity index (χ3n) is 4.88. The molecular formula is C21H28N4O5. The minimum Gasteiger partial charge on any atom is -0.497 e. The van der Waals surface area contributed by atoms with Crippen molar-refractivity contribution in [2.45, 2.75) is 31.8 Å². The fourth-order valence-corrected chi connectivity index (χ4v) is 3.31. The molecule has 162 valence electrons. The molecule has 3 N–H and O–H groups in total. The molecule has 1 atom stereocenters. The Labute approximate surface area is 175 Å². The van der Waals surface area contributed by atoms with E-state index < -0.39 is 18.0 Å². The normalized spacial score (nSPS) is 18.5. The lowest BCUT2D eigenvalue weighted by Crippen LogP contribution is -2.49. The van der Waals surface area contributed by atoms with Gasteiger partial charge in [-0.15, -0.1) is 0 Å². The highest BCUT2D eigenvalue weighted by molar-refractivity contribution is 5.95. The molecule has 30 heavy (non-hydrogen) atoms. The predicted octanol–water partition coefficient (Wildman–Crippen LogP) is 1.08. The minimum absolute atomic E-state index is 0.0785. The summed E-state index contributed by atoms with van der Waals surface area (Å²) in [7, 11) is 3.33. The molecule has 3 rings (SSSR count). The molecule has 3 amide bonds. The van der Waals surface area contributed by atoms with Crippen LogP contribution in [0.5, 0.6) is 5.75 Å². The Morgan fingerprint density at radius 2 is 1.93 bits per heavy atom. The lowest BCUT2D eigenvalue weighted by atomic mass is 9.95. The lowest BCUT2D eigenvalue weighted by Gasteiger charge is -2.31. The number of hydrogen-bond acceptors (Lipinski definition) is 6. The first-order valence-electron chi connectivity index (χ1n) is 10.0. The Morgan fingerprint density at radius 1 is 1.23 bits per heavy atom. The summed E-state index contributed by atoms with van der Waals surface area (Å²) in [5.74, 6) is 0.0733. The van der Waals surface area contributed by atoms with Crippen molar-refractivity contribution < 1.29 is 23.9 Å². The van der Waals surface area contributed by atoms with E-state index in [1.165, 1.54) is 0 Å². The topological polar surface area (TPSA) is 109 Å². The fourth-order valence-electron chi connectivity index (χ4n) is 3.31. The first-order valence-corrected chi connectivity index (χ1v) is 10.0. The summed E-state index contributed by atoms with van der Waals surface area (Å²) >= 11 is 0. The van der Waals surface area contributed by atoms with E-state index in [0.29, 0.717) is 17.0 Å². The lowest BCUT2D eigenvalue weighted by molar-refractivity contribution is -0.139. The third kappa shape index (κ3) is 5.50. The molecule has 0 radical (unpaired) electrons. The van der Waals surface area contributed by atoms with E-state index in [0.717, 1.165) is 18.4 Å². The predicted molar refractivity (Wildman–Crippen MR) is 110 cm³/mol. The quantitative estimate of drug-likeness (QED) is 0.520. The smallest absolute Gasteiger partial charge is 0.338 e.